The largest absolute Gasteiger partial charge is 0.489 e. The Morgan fingerprint density at radius 1 is 0.280 bits per heavy atom. The molecular weight excluding hydrogens is 888 g/mol. The summed E-state index contributed by atoms with van der Waals surface area (Å²) in [6.45, 7) is 2.83. The minimum absolute atomic E-state index is 0.708. The van der Waals surface area contributed by atoms with Crippen LogP contribution in [0.15, 0.2) is 24.3 Å². The fourth-order valence-corrected chi connectivity index (χ4v) is 8.51. The summed E-state index contributed by atoms with van der Waals surface area (Å²) in [5.41, 5.74) is 4.58. The van der Waals surface area contributed by atoms with E-state index in [-0.39, 0.29) is 0 Å². The van der Waals surface area contributed by atoms with Gasteiger partial charge in [-0.05, 0) is 75.6 Å². The van der Waals surface area contributed by atoms with Crippen LogP contribution >= 0.6 is 63.7 Å². The van der Waals surface area contributed by atoms with E-state index >= 15 is 0 Å². The SMILES string of the molecule is BrCCCCCCCOC1=C(OCCCCCCCBr)c2ccc3c4c(ccc1c24)C(OCCCCCCCBr)=C3OCCCCCCCBr. The molecule has 50 heavy (non-hydrogen) atoms. The molecule has 0 amide bonds. The van der Waals surface area contributed by atoms with E-state index in [2.05, 4.69) is 88.0 Å². The second-order valence-electron chi connectivity index (χ2n) is 13.6. The molecule has 2 aromatic rings. The minimum atomic E-state index is 0.708. The smallest absolute Gasteiger partial charge is 0.169 e. The molecule has 0 saturated heterocycles. The lowest BCUT2D eigenvalue weighted by molar-refractivity contribution is 0.235. The Balaban J connectivity index is 1.53. The summed E-state index contributed by atoms with van der Waals surface area (Å²) in [4.78, 5) is 0. The van der Waals surface area contributed by atoms with E-state index in [9.17, 15) is 0 Å². The molecule has 8 heteroatoms. The molecular formula is C42H60Br4O4. The third-order valence-corrected chi connectivity index (χ3v) is 11.9. The highest BCUT2D eigenvalue weighted by molar-refractivity contribution is 9.09. The molecule has 0 fully saturated rings. The number of halogens is 4. The van der Waals surface area contributed by atoms with Gasteiger partial charge in [0.2, 0.25) is 0 Å². The first-order chi connectivity index (χ1) is 24.8. The second kappa shape index (κ2) is 25.3. The van der Waals surface area contributed by atoms with Crippen molar-refractivity contribution in [1.29, 1.82) is 0 Å². The van der Waals surface area contributed by atoms with Gasteiger partial charge in [0.25, 0.3) is 0 Å². The summed E-state index contributed by atoms with van der Waals surface area (Å²) < 4.78 is 26.6. The molecule has 0 atom stereocenters. The van der Waals surface area contributed by atoms with E-state index in [1.807, 2.05) is 0 Å². The van der Waals surface area contributed by atoms with Crippen molar-refractivity contribution >= 4 is 97.5 Å². The average Bonchev–Trinajstić information content (AvgIpc) is 3.60. The first-order valence-electron chi connectivity index (χ1n) is 19.6. The maximum atomic E-state index is 6.66. The Bertz CT molecular complexity index is 1150. The van der Waals surface area contributed by atoms with Crippen molar-refractivity contribution in [1.82, 2.24) is 0 Å². The summed E-state index contributed by atoms with van der Waals surface area (Å²) >= 11 is 14.2. The van der Waals surface area contributed by atoms with Crippen LogP contribution in [-0.4, -0.2) is 47.7 Å². The van der Waals surface area contributed by atoms with Crippen molar-refractivity contribution in [2.24, 2.45) is 0 Å². The predicted octanol–water partition coefficient (Wildman–Crippen LogP) is 14.6. The van der Waals surface area contributed by atoms with Crippen LogP contribution in [0.1, 0.15) is 151 Å². The first-order valence-corrected chi connectivity index (χ1v) is 24.1. The van der Waals surface area contributed by atoms with E-state index in [1.165, 1.54) is 114 Å². The molecule has 0 spiro atoms. The van der Waals surface area contributed by atoms with E-state index in [0.717, 1.165) is 92.3 Å². The van der Waals surface area contributed by atoms with Gasteiger partial charge in [0.05, 0.1) is 26.4 Å². The summed E-state index contributed by atoms with van der Waals surface area (Å²) in [5, 5.41) is 6.80. The lowest BCUT2D eigenvalue weighted by Crippen LogP contribution is -2.00. The zero-order valence-electron chi connectivity index (χ0n) is 30.3. The summed E-state index contributed by atoms with van der Waals surface area (Å²) in [5.74, 6) is 3.64. The lowest BCUT2D eigenvalue weighted by atomic mass is 9.98. The molecule has 0 saturated carbocycles. The van der Waals surface area contributed by atoms with Crippen molar-refractivity contribution in [3.8, 4) is 0 Å². The van der Waals surface area contributed by atoms with Crippen molar-refractivity contribution < 1.29 is 18.9 Å². The zero-order chi connectivity index (χ0) is 35.2. The normalized spacial score (nSPS) is 13.3. The van der Waals surface area contributed by atoms with Gasteiger partial charge in [-0.1, -0.05) is 141 Å². The highest BCUT2D eigenvalue weighted by atomic mass is 79.9. The minimum Gasteiger partial charge on any atom is -0.489 e. The summed E-state index contributed by atoms with van der Waals surface area (Å²) in [7, 11) is 0. The molecule has 0 aromatic heterocycles. The maximum Gasteiger partial charge on any atom is 0.169 e. The third-order valence-electron chi connectivity index (χ3n) is 9.65. The third kappa shape index (κ3) is 12.7. The number of benzene rings is 2. The van der Waals surface area contributed by atoms with Gasteiger partial charge in [0.1, 0.15) is 0 Å². The Morgan fingerprint density at radius 3 is 0.700 bits per heavy atom. The Hall–Kier alpha value is -0.700. The van der Waals surface area contributed by atoms with Crippen LogP contribution in [0, 0.1) is 0 Å². The quantitative estimate of drug-likeness (QED) is 0.0541. The Kier molecular flexibility index (Phi) is 21.3. The Labute approximate surface area is 336 Å². The van der Waals surface area contributed by atoms with Crippen LogP contribution < -0.4 is 0 Å². The molecule has 0 unspecified atom stereocenters. The monoisotopic (exact) mass is 944 g/mol. The molecule has 0 heterocycles. The number of ether oxygens (including phenoxy) is 4. The molecule has 2 aliphatic carbocycles. The zero-order valence-corrected chi connectivity index (χ0v) is 36.6. The van der Waals surface area contributed by atoms with Gasteiger partial charge in [0, 0.05) is 54.3 Å². The molecule has 280 valence electrons. The fraction of sp³-hybridized carbons (Fsp3) is 0.667. The van der Waals surface area contributed by atoms with Gasteiger partial charge in [-0.3, -0.25) is 0 Å². The molecule has 0 N–H and O–H groups in total. The summed E-state index contributed by atoms with van der Waals surface area (Å²) in [6, 6.07) is 8.96. The van der Waals surface area contributed by atoms with Crippen molar-refractivity contribution in [3.63, 3.8) is 0 Å². The van der Waals surface area contributed by atoms with Gasteiger partial charge in [-0.2, -0.15) is 0 Å². The van der Waals surface area contributed by atoms with E-state index in [0.29, 0.717) is 26.4 Å². The molecule has 0 bridgehead atoms. The Morgan fingerprint density at radius 2 is 0.480 bits per heavy atom. The van der Waals surface area contributed by atoms with Crippen LogP contribution in [0.25, 0.3) is 33.8 Å². The van der Waals surface area contributed by atoms with Crippen molar-refractivity contribution in [2.45, 2.75) is 128 Å². The van der Waals surface area contributed by atoms with E-state index < -0.39 is 0 Å². The van der Waals surface area contributed by atoms with Crippen molar-refractivity contribution in [2.75, 3.05) is 47.7 Å². The maximum absolute atomic E-state index is 6.66. The number of hydrogen-bond acceptors (Lipinski definition) is 4. The highest BCUT2D eigenvalue weighted by Gasteiger charge is 2.35. The van der Waals surface area contributed by atoms with Crippen molar-refractivity contribution in [3.05, 3.63) is 46.5 Å². The standard InChI is InChI=1S/C42H60Br4O4/c43-25-13-5-1-9-17-29-47-39-33-21-22-35-38-36(24-23-34(37(33)38)40(39)48-30-18-10-2-6-14-26-44)42(50-32-20-12-4-8-16-28-46)41(35)49-31-19-11-3-7-15-27-45/h21-24H,1-20,25-32H2. The first kappa shape index (κ1) is 42.0. The van der Waals surface area contributed by atoms with Crippen LogP contribution in [0.5, 0.6) is 0 Å². The molecule has 0 aliphatic heterocycles. The second-order valence-corrected chi connectivity index (χ2v) is 16.8. The topological polar surface area (TPSA) is 36.9 Å². The van der Waals surface area contributed by atoms with E-state index in [1.54, 1.807) is 0 Å². The predicted molar refractivity (Wildman–Crippen MR) is 229 cm³/mol. The molecule has 2 aliphatic rings. The highest BCUT2D eigenvalue weighted by Crippen LogP contribution is 2.51. The molecule has 4 rings (SSSR count). The fourth-order valence-electron chi connectivity index (χ4n) is 6.92. The van der Waals surface area contributed by atoms with Gasteiger partial charge >= 0.3 is 0 Å². The summed E-state index contributed by atoms with van der Waals surface area (Å²) in [6.07, 6.45) is 24.0. The molecule has 0 radical (unpaired) electrons. The molecule has 2 aromatic carbocycles. The lowest BCUT2D eigenvalue weighted by Gasteiger charge is -2.14. The van der Waals surface area contributed by atoms with Crippen LogP contribution in [0.3, 0.4) is 0 Å². The molecule has 4 nitrogen and oxygen atoms in total. The van der Waals surface area contributed by atoms with E-state index in [4.69, 9.17) is 18.9 Å². The number of rotatable bonds is 32. The van der Waals surface area contributed by atoms with Gasteiger partial charge < -0.3 is 18.9 Å². The number of unbranched alkanes of at least 4 members (excludes halogenated alkanes) is 16. The van der Waals surface area contributed by atoms with Crippen LogP contribution in [0.2, 0.25) is 0 Å². The van der Waals surface area contributed by atoms with Gasteiger partial charge in [-0.15, -0.1) is 0 Å². The van der Waals surface area contributed by atoms with Gasteiger partial charge in [-0.25, -0.2) is 0 Å². The average molecular weight is 949 g/mol. The van der Waals surface area contributed by atoms with Crippen LogP contribution in [0.4, 0.5) is 0 Å². The number of alkyl halides is 4. The van der Waals surface area contributed by atoms with Crippen LogP contribution in [-0.2, 0) is 18.9 Å². The number of hydrogen-bond donors (Lipinski definition) is 0. The van der Waals surface area contributed by atoms with Gasteiger partial charge in [0.15, 0.2) is 23.0 Å².